The molecule has 21 heavy (non-hydrogen) atoms. The van der Waals surface area contributed by atoms with Crippen LogP contribution in [-0.2, 0) is 9.59 Å². The van der Waals surface area contributed by atoms with Gasteiger partial charge in [-0.2, -0.15) is 0 Å². The fourth-order valence-electron chi connectivity index (χ4n) is 2.11. The Balaban J connectivity index is 2.46. The zero-order valence-corrected chi connectivity index (χ0v) is 11.5. The van der Waals surface area contributed by atoms with Gasteiger partial charge in [0.15, 0.2) is 5.78 Å². The molecule has 0 radical (unpaired) electrons. The van der Waals surface area contributed by atoms with Crippen LogP contribution in [-0.4, -0.2) is 24.0 Å². The molecule has 0 aliphatic heterocycles. The van der Waals surface area contributed by atoms with Crippen molar-refractivity contribution in [3.05, 3.63) is 70.8 Å². The van der Waals surface area contributed by atoms with E-state index in [0.29, 0.717) is 16.7 Å². The van der Waals surface area contributed by atoms with Gasteiger partial charge >= 0.3 is 0 Å². The number of allylic oxidation sites excluding steroid dienone is 5. The molecule has 1 aliphatic rings. The molecule has 0 atom stereocenters. The van der Waals surface area contributed by atoms with E-state index in [0.717, 1.165) is 6.08 Å². The largest absolute Gasteiger partial charge is 0.851 e. The Morgan fingerprint density at radius 2 is 1.71 bits per heavy atom. The third-order valence-electron chi connectivity index (χ3n) is 3.15. The smallest absolute Gasteiger partial charge is 0.226 e. The minimum atomic E-state index is -0.687. The normalized spacial score (nSPS) is 15.6. The molecular weight excluding hydrogens is 268 g/mol. The van der Waals surface area contributed by atoms with Crippen molar-refractivity contribution >= 4 is 17.3 Å². The maximum atomic E-state index is 12.5. The van der Waals surface area contributed by atoms with E-state index in [2.05, 4.69) is 0 Å². The standard InChI is InChI=1S/C17H13O4/c1-11-9-15(19)16(20)10-14(11)13(7-8-18)17(21)12-5-3-2-4-6-12/h2-7,9-10H,8H2,1H3/q-1/b13-7+. The number of benzene rings is 1. The molecule has 0 fully saturated rings. The van der Waals surface area contributed by atoms with E-state index in [1.54, 1.807) is 37.3 Å². The SMILES string of the molecule is CC1=CC(=O)C(=O)C=C1/C(=C\C[O-])C(=O)c1ccccc1. The van der Waals surface area contributed by atoms with E-state index in [-0.39, 0.29) is 11.4 Å². The predicted octanol–water partition coefficient (Wildman–Crippen LogP) is 1.18. The molecule has 1 aliphatic carbocycles. The topological polar surface area (TPSA) is 74.3 Å². The summed E-state index contributed by atoms with van der Waals surface area (Å²) in [6.45, 7) is 1.05. The minimum Gasteiger partial charge on any atom is -0.851 e. The molecule has 0 saturated heterocycles. The van der Waals surface area contributed by atoms with Crippen molar-refractivity contribution in [2.75, 3.05) is 6.61 Å². The number of carbonyl (C=O) groups is 3. The van der Waals surface area contributed by atoms with Gasteiger partial charge < -0.3 is 5.11 Å². The number of carbonyl (C=O) groups excluding carboxylic acids is 3. The molecule has 0 saturated carbocycles. The summed E-state index contributed by atoms with van der Waals surface area (Å²) in [5.74, 6) is -1.65. The van der Waals surface area contributed by atoms with Crippen LogP contribution in [0, 0.1) is 0 Å². The van der Waals surface area contributed by atoms with Crippen molar-refractivity contribution in [3.8, 4) is 0 Å². The van der Waals surface area contributed by atoms with Gasteiger partial charge in [0.25, 0.3) is 0 Å². The van der Waals surface area contributed by atoms with Gasteiger partial charge in [0.2, 0.25) is 11.6 Å². The van der Waals surface area contributed by atoms with Crippen molar-refractivity contribution in [2.24, 2.45) is 0 Å². The third kappa shape index (κ3) is 3.12. The molecule has 0 heterocycles. The maximum Gasteiger partial charge on any atom is 0.226 e. The monoisotopic (exact) mass is 281 g/mol. The van der Waals surface area contributed by atoms with Gasteiger partial charge in [-0.15, -0.1) is 6.61 Å². The summed E-state index contributed by atoms with van der Waals surface area (Å²) in [5.41, 5.74) is 1.42. The molecule has 2 rings (SSSR count). The van der Waals surface area contributed by atoms with Crippen LogP contribution in [0.5, 0.6) is 0 Å². The first-order chi connectivity index (χ1) is 10.0. The predicted molar refractivity (Wildman–Crippen MR) is 75.6 cm³/mol. The van der Waals surface area contributed by atoms with Crippen LogP contribution in [0.25, 0.3) is 0 Å². The van der Waals surface area contributed by atoms with Gasteiger partial charge in [-0.3, -0.25) is 14.4 Å². The van der Waals surface area contributed by atoms with Crippen molar-refractivity contribution in [3.63, 3.8) is 0 Å². The molecule has 0 unspecified atom stereocenters. The van der Waals surface area contributed by atoms with Gasteiger partial charge in [0.05, 0.1) is 0 Å². The second kappa shape index (κ2) is 6.24. The average molecular weight is 281 g/mol. The lowest BCUT2D eigenvalue weighted by molar-refractivity contribution is -0.352. The summed E-state index contributed by atoms with van der Waals surface area (Å²) in [5, 5.41) is 10.9. The van der Waals surface area contributed by atoms with Crippen molar-refractivity contribution in [1.29, 1.82) is 0 Å². The van der Waals surface area contributed by atoms with Crippen molar-refractivity contribution < 1.29 is 19.5 Å². The van der Waals surface area contributed by atoms with Gasteiger partial charge in [-0.05, 0) is 30.2 Å². The Labute approximate surface area is 122 Å². The average Bonchev–Trinajstić information content (AvgIpc) is 2.49. The highest BCUT2D eigenvalue weighted by Gasteiger charge is 2.23. The Hall–Kier alpha value is -2.59. The lowest BCUT2D eigenvalue weighted by Gasteiger charge is -2.16. The van der Waals surface area contributed by atoms with E-state index in [1.165, 1.54) is 12.2 Å². The van der Waals surface area contributed by atoms with Gasteiger partial charge in [0, 0.05) is 11.1 Å². The maximum absolute atomic E-state index is 12.5. The zero-order valence-electron chi connectivity index (χ0n) is 11.5. The molecule has 0 spiro atoms. The molecule has 0 aromatic heterocycles. The Kier molecular flexibility index (Phi) is 4.40. The van der Waals surface area contributed by atoms with Crippen LogP contribution < -0.4 is 5.11 Å². The number of Topliss-reactive ketones (excluding diaryl/α,β-unsaturated/α-hetero) is 1. The molecule has 4 heteroatoms. The van der Waals surface area contributed by atoms with Gasteiger partial charge in [-0.25, -0.2) is 0 Å². The van der Waals surface area contributed by atoms with Gasteiger partial charge in [-0.1, -0.05) is 36.4 Å². The van der Waals surface area contributed by atoms with E-state index in [9.17, 15) is 19.5 Å². The van der Waals surface area contributed by atoms with E-state index in [4.69, 9.17) is 0 Å². The summed E-state index contributed by atoms with van der Waals surface area (Å²) in [6.07, 6.45) is 3.55. The highest BCUT2D eigenvalue weighted by Crippen LogP contribution is 2.25. The zero-order chi connectivity index (χ0) is 15.4. The Bertz CT molecular complexity index is 691. The van der Waals surface area contributed by atoms with Crippen molar-refractivity contribution in [2.45, 2.75) is 6.92 Å². The molecule has 1 aromatic carbocycles. The molecule has 0 amide bonds. The Morgan fingerprint density at radius 1 is 1.10 bits per heavy atom. The number of hydrogen-bond donors (Lipinski definition) is 0. The van der Waals surface area contributed by atoms with Crippen LogP contribution in [0.4, 0.5) is 0 Å². The lowest BCUT2D eigenvalue weighted by Crippen LogP contribution is -2.18. The highest BCUT2D eigenvalue weighted by molar-refractivity contribution is 6.47. The summed E-state index contributed by atoms with van der Waals surface area (Å²) in [6, 6.07) is 8.48. The summed E-state index contributed by atoms with van der Waals surface area (Å²) in [7, 11) is 0. The third-order valence-corrected chi connectivity index (χ3v) is 3.15. The van der Waals surface area contributed by atoms with E-state index in [1.807, 2.05) is 0 Å². The summed E-state index contributed by atoms with van der Waals surface area (Å²) >= 11 is 0. The summed E-state index contributed by atoms with van der Waals surface area (Å²) in [4.78, 5) is 35.4. The lowest BCUT2D eigenvalue weighted by atomic mass is 9.87. The Morgan fingerprint density at radius 3 is 2.33 bits per heavy atom. The molecule has 106 valence electrons. The van der Waals surface area contributed by atoms with E-state index < -0.39 is 18.2 Å². The number of rotatable bonds is 4. The number of ketones is 3. The first-order valence-electron chi connectivity index (χ1n) is 6.41. The minimum absolute atomic E-state index is 0.158. The van der Waals surface area contributed by atoms with Gasteiger partial charge in [0.1, 0.15) is 0 Å². The second-order valence-corrected chi connectivity index (χ2v) is 4.59. The second-order valence-electron chi connectivity index (χ2n) is 4.59. The molecule has 4 nitrogen and oxygen atoms in total. The molecular formula is C17H13O4-. The molecule has 0 bridgehead atoms. The van der Waals surface area contributed by atoms with Crippen LogP contribution >= 0.6 is 0 Å². The first-order valence-corrected chi connectivity index (χ1v) is 6.41. The van der Waals surface area contributed by atoms with Crippen LogP contribution in [0.2, 0.25) is 0 Å². The quantitative estimate of drug-likeness (QED) is 0.359. The van der Waals surface area contributed by atoms with Crippen LogP contribution in [0.3, 0.4) is 0 Å². The van der Waals surface area contributed by atoms with Crippen LogP contribution in [0.1, 0.15) is 17.3 Å². The fraction of sp³-hybridized carbons (Fsp3) is 0.118. The summed E-state index contributed by atoms with van der Waals surface area (Å²) < 4.78 is 0. The van der Waals surface area contributed by atoms with Crippen LogP contribution in [0.15, 0.2) is 65.3 Å². The molecule has 1 aromatic rings. The molecule has 0 N–H and O–H groups in total. The van der Waals surface area contributed by atoms with Crippen molar-refractivity contribution in [1.82, 2.24) is 0 Å². The van der Waals surface area contributed by atoms with E-state index >= 15 is 0 Å². The number of hydrogen-bond acceptors (Lipinski definition) is 4. The highest BCUT2D eigenvalue weighted by atomic mass is 16.2. The fourth-order valence-corrected chi connectivity index (χ4v) is 2.11. The first kappa shape index (κ1) is 14.8.